The van der Waals surface area contributed by atoms with Gasteiger partial charge in [0.2, 0.25) is 0 Å². The summed E-state index contributed by atoms with van der Waals surface area (Å²) in [5.41, 5.74) is 5.00. The Morgan fingerprint density at radius 1 is 0.815 bits per heavy atom. The zero-order valence-electron chi connectivity index (χ0n) is 15.8. The first-order valence-electron chi connectivity index (χ1n) is 8.88. The molecule has 4 heteroatoms. The fraction of sp³-hybridized carbons (Fsp3) is 0.174. The lowest BCUT2D eigenvalue weighted by Gasteiger charge is -2.31. The van der Waals surface area contributed by atoms with Crippen molar-refractivity contribution in [2.75, 3.05) is 12.1 Å². The lowest BCUT2D eigenvalue weighted by Crippen LogP contribution is -2.51. The standard InChI is InChI=1S/C23H24N2O2/c1-17-9-13-19(14-10-17)23(27,20-15-11-18(2)12-16-20)22(26)24-25(3)21-7-5-4-6-8-21/h4-16,27H,1-3H3,(H,24,26). The number of hydrogen-bond donors (Lipinski definition) is 2. The fourth-order valence-corrected chi connectivity index (χ4v) is 2.97. The van der Waals surface area contributed by atoms with Gasteiger partial charge in [0.05, 0.1) is 5.69 Å². The van der Waals surface area contributed by atoms with Crippen LogP contribution in [0.15, 0.2) is 78.9 Å². The van der Waals surface area contributed by atoms with Gasteiger partial charge in [-0.2, -0.15) is 0 Å². The van der Waals surface area contributed by atoms with E-state index >= 15 is 0 Å². The molecule has 0 saturated carbocycles. The Morgan fingerprint density at radius 2 is 1.26 bits per heavy atom. The maximum Gasteiger partial charge on any atom is 0.279 e. The molecule has 0 unspecified atom stereocenters. The topological polar surface area (TPSA) is 52.6 Å². The summed E-state index contributed by atoms with van der Waals surface area (Å²) in [7, 11) is 1.75. The van der Waals surface area contributed by atoms with Gasteiger partial charge in [-0.15, -0.1) is 0 Å². The van der Waals surface area contributed by atoms with E-state index in [0.717, 1.165) is 16.8 Å². The van der Waals surface area contributed by atoms with E-state index in [4.69, 9.17) is 0 Å². The third-order valence-corrected chi connectivity index (χ3v) is 4.68. The molecule has 3 aromatic rings. The number of aliphatic hydroxyl groups is 1. The second kappa shape index (κ2) is 7.64. The molecule has 1 amide bonds. The van der Waals surface area contributed by atoms with Crippen molar-refractivity contribution in [2.24, 2.45) is 0 Å². The van der Waals surface area contributed by atoms with Crippen LogP contribution in [0.1, 0.15) is 22.3 Å². The van der Waals surface area contributed by atoms with E-state index in [1.807, 2.05) is 68.4 Å². The molecule has 0 aliphatic rings. The molecule has 0 heterocycles. The normalized spacial score (nSPS) is 11.1. The number of hydrazine groups is 1. The highest BCUT2D eigenvalue weighted by Crippen LogP contribution is 2.31. The second-order valence-electron chi connectivity index (χ2n) is 6.78. The van der Waals surface area contributed by atoms with Gasteiger partial charge >= 0.3 is 0 Å². The van der Waals surface area contributed by atoms with Crippen molar-refractivity contribution in [3.63, 3.8) is 0 Å². The number of nitrogens with zero attached hydrogens (tertiary/aromatic N) is 1. The Bertz CT molecular complexity index is 858. The molecule has 0 aliphatic carbocycles. The SMILES string of the molecule is Cc1ccc(C(O)(C(=O)NN(C)c2ccccc2)c2ccc(C)cc2)cc1. The first-order valence-corrected chi connectivity index (χ1v) is 8.88. The summed E-state index contributed by atoms with van der Waals surface area (Å²) in [4.78, 5) is 13.2. The van der Waals surface area contributed by atoms with Gasteiger partial charge in [0.15, 0.2) is 5.60 Å². The molecule has 0 radical (unpaired) electrons. The van der Waals surface area contributed by atoms with Crippen LogP contribution in [-0.2, 0) is 10.4 Å². The number of carbonyl (C=O) groups excluding carboxylic acids is 1. The third kappa shape index (κ3) is 3.86. The van der Waals surface area contributed by atoms with Gasteiger partial charge in [-0.05, 0) is 37.1 Å². The molecule has 0 saturated heterocycles. The quantitative estimate of drug-likeness (QED) is 0.682. The summed E-state index contributed by atoms with van der Waals surface area (Å²) in [5.74, 6) is -0.512. The number of nitrogens with one attached hydrogen (secondary N) is 1. The minimum atomic E-state index is -1.80. The lowest BCUT2D eigenvalue weighted by atomic mass is 9.85. The van der Waals surface area contributed by atoms with Crippen molar-refractivity contribution in [3.05, 3.63) is 101 Å². The predicted octanol–water partition coefficient (Wildman–Crippen LogP) is 3.71. The first-order chi connectivity index (χ1) is 12.9. The van der Waals surface area contributed by atoms with E-state index in [2.05, 4.69) is 5.43 Å². The molecule has 0 aliphatic heterocycles. The van der Waals surface area contributed by atoms with Crippen LogP contribution < -0.4 is 10.4 Å². The van der Waals surface area contributed by atoms with Crippen LogP contribution in [0.2, 0.25) is 0 Å². The molecule has 4 nitrogen and oxygen atoms in total. The van der Waals surface area contributed by atoms with Crippen LogP contribution in [0.4, 0.5) is 5.69 Å². The van der Waals surface area contributed by atoms with Gasteiger partial charge in [0, 0.05) is 7.05 Å². The second-order valence-corrected chi connectivity index (χ2v) is 6.78. The zero-order valence-corrected chi connectivity index (χ0v) is 15.8. The van der Waals surface area contributed by atoms with Crippen LogP contribution in [0.3, 0.4) is 0 Å². The van der Waals surface area contributed by atoms with Crippen molar-refractivity contribution in [2.45, 2.75) is 19.4 Å². The molecular weight excluding hydrogens is 336 g/mol. The van der Waals surface area contributed by atoms with E-state index in [0.29, 0.717) is 11.1 Å². The van der Waals surface area contributed by atoms with Crippen molar-refractivity contribution < 1.29 is 9.90 Å². The van der Waals surface area contributed by atoms with Crippen LogP contribution >= 0.6 is 0 Å². The van der Waals surface area contributed by atoms with E-state index in [1.54, 1.807) is 36.3 Å². The summed E-state index contributed by atoms with van der Waals surface area (Å²) >= 11 is 0. The Hall–Kier alpha value is -3.11. The van der Waals surface area contributed by atoms with Gasteiger partial charge < -0.3 is 5.11 Å². The Balaban J connectivity index is 2.00. The molecule has 0 aromatic heterocycles. The highest BCUT2D eigenvalue weighted by Gasteiger charge is 2.40. The maximum atomic E-state index is 13.2. The highest BCUT2D eigenvalue weighted by atomic mass is 16.3. The van der Waals surface area contributed by atoms with Crippen molar-refractivity contribution in [1.82, 2.24) is 5.43 Å². The van der Waals surface area contributed by atoms with Gasteiger partial charge in [0.25, 0.3) is 5.91 Å². The average molecular weight is 360 g/mol. The van der Waals surface area contributed by atoms with Gasteiger partial charge in [0.1, 0.15) is 0 Å². The highest BCUT2D eigenvalue weighted by molar-refractivity contribution is 5.91. The lowest BCUT2D eigenvalue weighted by molar-refractivity contribution is -0.136. The monoisotopic (exact) mass is 360 g/mol. The van der Waals surface area contributed by atoms with Crippen LogP contribution in [-0.4, -0.2) is 18.1 Å². The van der Waals surface area contributed by atoms with Gasteiger partial charge in [-0.1, -0.05) is 77.9 Å². The summed E-state index contributed by atoms with van der Waals surface area (Å²) < 4.78 is 0. The summed E-state index contributed by atoms with van der Waals surface area (Å²) in [6, 6.07) is 24.2. The number of para-hydroxylation sites is 1. The molecular formula is C23H24N2O2. The zero-order chi connectivity index (χ0) is 19.4. The van der Waals surface area contributed by atoms with Crippen molar-refractivity contribution in [1.29, 1.82) is 0 Å². The molecule has 3 aromatic carbocycles. The Labute approximate surface area is 160 Å². The molecule has 138 valence electrons. The van der Waals surface area contributed by atoms with E-state index in [-0.39, 0.29) is 0 Å². The summed E-state index contributed by atoms with van der Waals surface area (Å²) in [6.07, 6.45) is 0. The van der Waals surface area contributed by atoms with E-state index < -0.39 is 11.5 Å². The number of rotatable bonds is 5. The number of hydrogen-bond acceptors (Lipinski definition) is 3. The van der Waals surface area contributed by atoms with Crippen molar-refractivity contribution in [3.8, 4) is 0 Å². The molecule has 0 fully saturated rings. The summed E-state index contributed by atoms with van der Waals surface area (Å²) in [6.45, 7) is 3.94. The Kier molecular flexibility index (Phi) is 5.28. The maximum absolute atomic E-state index is 13.2. The molecule has 0 atom stereocenters. The van der Waals surface area contributed by atoms with Gasteiger partial charge in [-0.25, -0.2) is 0 Å². The minimum absolute atomic E-state index is 0.512. The number of benzene rings is 3. The summed E-state index contributed by atoms with van der Waals surface area (Å²) in [5, 5.41) is 13.2. The predicted molar refractivity (Wildman–Crippen MR) is 108 cm³/mol. The molecule has 3 rings (SSSR count). The van der Waals surface area contributed by atoms with Crippen LogP contribution in [0.25, 0.3) is 0 Å². The third-order valence-electron chi connectivity index (χ3n) is 4.68. The number of anilines is 1. The van der Waals surface area contributed by atoms with Crippen LogP contribution in [0, 0.1) is 13.8 Å². The smallest absolute Gasteiger partial charge is 0.279 e. The van der Waals surface area contributed by atoms with Crippen molar-refractivity contribution >= 4 is 11.6 Å². The largest absolute Gasteiger partial charge is 0.372 e. The Morgan fingerprint density at radius 3 is 1.70 bits per heavy atom. The first kappa shape index (κ1) is 18.7. The number of amides is 1. The minimum Gasteiger partial charge on any atom is -0.372 e. The molecule has 27 heavy (non-hydrogen) atoms. The van der Waals surface area contributed by atoms with Crippen LogP contribution in [0.5, 0.6) is 0 Å². The van der Waals surface area contributed by atoms with Gasteiger partial charge in [-0.3, -0.25) is 15.2 Å². The number of carbonyl (C=O) groups is 1. The molecule has 0 bridgehead atoms. The molecule has 2 N–H and O–H groups in total. The van der Waals surface area contributed by atoms with E-state index in [1.165, 1.54) is 0 Å². The molecule has 0 spiro atoms. The van der Waals surface area contributed by atoms with E-state index in [9.17, 15) is 9.90 Å². The average Bonchev–Trinajstić information content (AvgIpc) is 2.69. The number of aryl methyl sites for hydroxylation is 2. The fourth-order valence-electron chi connectivity index (χ4n) is 2.97.